The van der Waals surface area contributed by atoms with E-state index < -0.39 is 5.60 Å². The highest BCUT2D eigenvalue weighted by Crippen LogP contribution is 2.42. The second-order valence-electron chi connectivity index (χ2n) is 7.11. The number of aromatic amines is 1. The number of hydrogen-bond acceptors (Lipinski definition) is 4. The van der Waals surface area contributed by atoms with E-state index in [1.165, 1.54) is 6.92 Å². The van der Waals surface area contributed by atoms with Crippen LogP contribution in [0.3, 0.4) is 0 Å². The van der Waals surface area contributed by atoms with Gasteiger partial charge in [0.1, 0.15) is 23.7 Å². The molecule has 1 aromatic heterocycles. The lowest BCUT2D eigenvalue weighted by Crippen LogP contribution is -2.41. The average Bonchev–Trinajstić information content (AvgIpc) is 2.91. The molecule has 1 aliphatic rings. The van der Waals surface area contributed by atoms with Crippen LogP contribution in [0.15, 0.2) is 24.3 Å². The van der Waals surface area contributed by atoms with Gasteiger partial charge in [-0.15, -0.1) is 0 Å². The molecule has 0 saturated heterocycles. The molecule has 2 aromatic carbocycles. The molecule has 0 bridgehead atoms. The summed E-state index contributed by atoms with van der Waals surface area (Å²) in [5.74, 6) is 0.817. The number of fused-ring (bicyclic) bond motifs is 5. The van der Waals surface area contributed by atoms with Crippen LogP contribution in [0.2, 0.25) is 0 Å². The smallest absolute Gasteiger partial charge is 0.302 e. The zero-order valence-electron chi connectivity index (χ0n) is 14.6. The van der Waals surface area contributed by atoms with Gasteiger partial charge in [-0.05, 0) is 50.5 Å². The molecule has 0 aliphatic carbocycles. The summed E-state index contributed by atoms with van der Waals surface area (Å²) in [6.45, 7) is 5.68. The molecule has 130 valence electrons. The van der Waals surface area contributed by atoms with E-state index in [1.54, 1.807) is 12.1 Å². The zero-order valence-corrected chi connectivity index (χ0v) is 14.6. The van der Waals surface area contributed by atoms with E-state index in [-0.39, 0.29) is 18.3 Å². The number of benzene rings is 2. The molecule has 5 nitrogen and oxygen atoms in total. The molecular weight excluding hydrogens is 318 g/mol. The third-order valence-corrected chi connectivity index (χ3v) is 4.95. The van der Waals surface area contributed by atoms with Crippen molar-refractivity contribution in [3.63, 3.8) is 0 Å². The van der Waals surface area contributed by atoms with Crippen molar-refractivity contribution in [3.05, 3.63) is 35.4 Å². The lowest BCUT2D eigenvalue weighted by molar-refractivity contribution is -0.147. The molecule has 0 unspecified atom stereocenters. The molecule has 1 atom stereocenters. The van der Waals surface area contributed by atoms with E-state index in [9.17, 15) is 9.90 Å². The third-order valence-electron chi connectivity index (χ3n) is 4.95. The fourth-order valence-corrected chi connectivity index (χ4v) is 3.65. The van der Waals surface area contributed by atoms with E-state index in [0.29, 0.717) is 0 Å². The first-order valence-electron chi connectivity index (χ1n) is 8.45. The second kappa shape index (κ2) is 5.41. The Morgan fingerprint density at radius 1 is 1.36 bits per heavy atom. The van der Waals surface area contributed by atoms with Crippen LogP contribution < -0.4 is 4.74 Å². The average molecular weight is 339 g/mol. The molecule has 0 spiro atoms. The molecule has 0 fully saturated rings. The molecule has 2 heterocycles. The lowest BCUT2D eigenvalue weighted by Gasteiger charge is -2.36. The van der Waals surface area contributed by atoms with Crippen molar-refractivity contribution in [2.45, 2.75) is 39.2 Å². The Kier molecular flexibility index (Phi) is 3.42. The van der Waals surface area contributed by atoms with E-state index in [2.05, 4.69) is 11.1 Å². The molecule has 4 rings (SSSR count). The van der Waals surface area contributed by atoms with Gasteiger partial charge < -0.3 is 19.6 Å². The van der Waals surface area contributed by atoms with Gasteiger partial charge in [0.05, 0.1) is 11.0 Å². The van der Waals surface area contributed by atoms with Gasteiger partial charge in [0.2, 0.25) is 0 Å². The maximum atomic E-state index is 11.1. The maximum absolute atomic E-state index is 11.1. The summed E-state index contributed by atoms with van der Waals surface area (Å²) in [5.41, 5.74) is 3.66. The Balaban J connectivity index is 1.83. The highest BCUT2D eigenvalue weighted by Gasteiger charge is 2.35. The molecule has 5 heteroatoms. The van der Waals surface area contributed by atoms with Gasteiger partial charge in [-0.1, -0.05) is 0 Å². The van der Waals surface area contributed by atoms with Crippen molar-refractivity contribution in [1.29, 1.82) is 0 Å². The maximum Gasteiger partial charge on any atom is 0.302 e. The summed E-state index contributed by atoms with van der Waals surface area (Å²) in [6, 6.07) is 7.49. The largest absolute Gasteiger partial charge is 0.508 e. The van der Waals surface area contributed by atoms with Crippen molar-refractivity contribution in [2.75, 3.05) is 6.61 Å². The molecule has 0 saturated carbocycles. The Bertz CT molecular complexity index is 1000. The van der Waals surface area contributed by atoms with Gasteiger partial charge in [0.25, 0.3) is 0 Å². The van der Waals surface area contributed by atoms with Crippen molar-refractivity contribution >= 4 is 27.8 Å². The Labute approximate surface area is 145 Å². The van der Waals surface area contributed by atoms with Crippen LogP contribution in [0.25, 0.3) is 21.8 Å². The minimum Gasteiger partial charge on any atom is -0.508 e. The minimum atomic E-state index is -0.513. The van der Waals surface area contributed by atoms with Gasteiger partial charge in [-0.3, -0.25) is 4.79 Å². The topological polar surface area (TPSA) is 71.6 Å². The van der Waals surface area contributed by atoms with Gasteiger partial charge in [-0.25, -0.2) is 0 Å². The zero-order chi connectivity index (χ0) is 17.8. The molecule has 1 aliphatic heterocycles. The molecule has 2 N–H and O–H groups in total. The van der Waals surface area contributed by atoms with Crippen molar-refractivity contribution in [3.8, 4) is 11.5 Å². The van der Waals surface area contributed by atoms with Crippen LogP contribution in [0.1, 0.15) is 31.4 Å². The molecule has 0 amide bonds. The monoisotopic (exact) mass is 339 g/mol. The van der Waals surface area contributed by atoms with Crippen LogP contribution in [0.5, 0.6) is 11.5 Å². The van der Waals surface area contributed by atoms with Gasteiger partial charge >= 0.3 is 5.97 Å². The normalized spacial score (nSPS) is 19.6. The first-order chi connectivity index (χ1) is 11.9. The second-order valence-corrected chi connectivity index (χ2v) is 7.11. The summed E-state index contributed by atoms with van der Waals surface area (Å²) in [5, 5.41) is 12.0. The number of aryl methyl sites for hydroxylation is 2. The fourth-order valence-electron chi connectivity index (χ4n) is 3.65. The Hall–Kier alpha value is -2.69. The number of esters is 1. The number of phenolic OH excluding ortho intramolecular Hbond substituents is 1. The van der Waals surface area contributed by atoms with Crippen molar-refractivity contribution < 1.29 is 19.4 Å². The molecule has 25 heavy (non-hydrogen) atoms. The number of ether oxygens (including phenoxy) is 2. The van der Waals surface area contributed by atoms with E-state index >= 15 is 0 Å². The summed E-state index contributed by atoms with van der Waals surface area (Å²) in [7, 11) is 0. The number of hydrogen-bond donors (Lipinski definition) is 2. The van der Waals surface area contributed by atoms with Crippen LogP contribution in [0, 0.1) is 6.92 Å². The quantitative estimate of drug-likeness (QED) is 0.693. The third kappa shape index (κ3) is 2.60. The van der Waals surface area contributed by atoms with Gasteiger partial charge in [-0.2, -0.15) is 0 Å². The van der Waals surface area contributed by atoms with Crippen molar-refractivity contribution in [2.24, 2.45) is 0 Å². The van der Waals surface area contributed by atoms with Gasteiger partial charge in [0.15, 0.2) is 0 Å². The van der Waals surface area contributed by atoms with E-state index in [1.807, 2.05) is 19.9 Å². The van der Waals surface area contributed by atoms with Crippen molar-refractivity contribution in [1.82, 2.24) is 4.98 Å². The number of rotatable bonds is 2. The summed E-state index contributed by atoms with van der Waals surface area (Å²) in [4.78, 5) is 14.6. The van der Waals surface area contributed by atoms with E-state index in [4.69, 9.17) is 9.47 Å². The molecular formula is C20H21NO4. The predicted molar refractivity (Wildman–Crippen MR) is 96.2 cm³/mol. The highest BCUT2D eigenvalue weighted by molar-refractivity contribution is 6.09. The number of phenols is 1. The standard InChI is InChI=1S/C20H21NO4/c1-11-8-16-14-5-4-13(23)9-17(14)21-18(16)15-6-7-20(3,25-19(11)15)10-24-12(2)22/h4-5,8-9,21,23H,6-7,10H2,1-3H3/t20-/m1/s1. The summed E-state index contributed by atoms with van der Waals surface area (Å²) < 4.78 is 11.5. The molecule has 0 radical (unpaired) electrons. The SMILES string of the molecule is CC(=O)OC[C@@]1(C)CCc2c(c(C)cc3c2[nH]c2cc(O)ccc23)O1. The van der Waals surface area contributed by atoms with E-state index in [0.717, 1.165) is 51.5 Å². The Morgan fingerprint density at radius 3 is 2.92 bits per heavy atom. The minimum absolute atomic E-state index is 0.245. The number of carbonyl (C=O) groups excluding carboxylic acids is 1. The lowest BCUT2D eigenvalue weighted by atomic mass is 9.90. The van der Waals surface area contributed by atoms with Crippen LogP contribution in [-0.2, 0) is 16.0 Å². The number of H-pyrrole nitrogens is 1. The van der Waals surface area contributed by atoms with Crippen LogP contribution in [0.4, 0.5) is 0 Å². The highest BCUT2D eigenvalue weighted by atomic mass is 16.6. The first-order valence-corrected chi connectivity index (χ1v) is 8.45. The van der Waals surface area contributed by atoms with Gasteiger partial charge in [0, 0.05) is 29.3 Å². The summed E-state index contributed by atoms with van der Waals surface area (Å²) in [6.07, 6.45) is 1.61. The molecule has 3 aromatic rings. The summed E-state index contributed by atoms with van der Waals surface area (Å²) >= 11 is 0. The van der Waals surface area contributed by atoms with Crippen LogP contribution >= 0.6 is 0 Å². The first kappa shape index (κ1) is 15.8. The Morgan fingerprint density at radius 2 is 2.16 bits per heavy atom. The van der Waals surface area contributed by atoms with Crippen LogP contribution in [-0.4, -0.2) is 28.3 Å². The predicted octanol–water partition coefficient (Wildman–Crippen LogP) is 3.98. The number of nitrogens with one attached hydrogen (secondary N) is 1. The number of aromatic hydroxyl groups is 1. The number of aromatic nitrogens is 1. The number of carbonyl (C=O) groups is 1. The fraction of sp³-hybridized carbons (Fsp3) is 0.350.